The molecule has 1 fully saturated rings. The number of amides is 1. The number of piperidine rings is 1. The number of aryl methyl sites for hydroxylation is 1. The lowest BCUT2D eigenvalue weighted by Crippen LogP contribution is -2.51. The lowest BCUT2D eigenvalue weighted by atomic mass is 10.1. The van der Waals surface area contributed by atoms with E-state index >= 15 is 0 Å². The molecule has 19 heavy (non-hydrogen) atoms. The Morgan fingerprint density at radius 1 is 1.42 bits per heavy atom. The second-order valence-electron chi connectivity index (χ2n) is 4.60. The van der Waals surface area contributed by atoms with Crippen molar-refractivity contribution in [2.45, 2.75) is 24.6 Å². The molecular formula is C12H17Cl2N3OS. The highest BCUT2D eigenvalue weighted by Gasteiger charge is 2.27. The minimum atomic E-state index is -0.189. The fourth-order valence-corrected chi connectivity index (χ4v) is 3.45. The zero-order valence-electron chi connectivity index (χ0n) is 10.8. The number of thioether (sulfide) groups is 1. The molecule has 106 valence electrons. The molecule has 0 bridgehead atoms. The van der Waals surface area contributed by atoms with Gasteiger partial charge in [0.1, 0.15) is 5.69 Å². The summed E-state index contributed by atoms with van der Waals surface area (Å²) in [4.78, 5) is 15.2. The van der Waals surface area contributed by atoms with Crippen molar-refractivity contribution in [3.05, 3.63) is 21.4 Å². The summed E-state index contributed by atoms with van der Waals surface area (Å²) >= 11 is 13.8. The van der Waals surface area contributed by atoms with Crippen LogP contribution in [-0.2, 0) is 0 Å². The van der Waals surface area contributed by atoms with Crippen LogP contribution in [0.2, 0.25) is 10.0 Å². The Morgan fingerprint density at radius 3 is 2.74 bits per heavy atom. The largest absolute Gasteiger partial charge is 0.352 e. The number of carbonyl (C=O) groups excluding carboxylic acids is 1. The van der Waals surface area contributed by atoms with Crippen LogP contribution >= 0.6 is 35.0 Å². The molecule has 2 atom stereocenters. The van der Waals surface area contributed by atoms with Gasteiger partial charge in [0.25, 0.3) is 5.91 Å². The van der Waals surface area contributed by atoms with Gasteiger partial charge in [0, 0.05) is 23.5 Å². The molecule has 4 nitrogen and oxygen atoms in total. The molecule has 0 aromatic carbocycles. The first kappa shape index (κ1) is 15.0. The van der Waals surface area contributed by atoms with Crippen LogP contribution in [0.1, 0.15) is 22.6 Å². The standard InChI is InChI=1S/C12H17Cl2N3OS/c1-6-9(13)10(14)11(16-6)12(18)17-7-3-4-15-5-8(7)19-2/h7-8,15-16H,3-5H2,1-2H3,(H,17,18)/t7-,8+/m1/s1. The van der Waals surface area contributed by atoms with Crippen molar-refractivity contribution in [1.29, 1.82) is 0 Å². The zero-order valence-corrected chi connectivity index (χ0v) is 13.2. The van der Waals surface area contributed by atoms with Crippen LogP contribution in [0.3, 0.4) is 0 Å². The van der Waals surface area contributed by atoms with Gasteiger partial charge >= 0.3 is 0 Å². The molecule has 1 amide bonds. The summed E-state index contributed by atoms with van der Waals surface area (Å²) in [6.07, 6.45) is 2.97. The van der Waals surface area contributed by atoms with E-state index in [1.807, 2.05) is 0 Å². The van der Waals surface area contributed by atoms with Gasteiger partial charge in [-0.1, -0.05) is 23.2 Å². The van der Waals surface area contributed by atoms with Crippen LogP contribution in [0.4, 0.5) is 0 Å². The van der Waals surface area contributed by atoms with E-state index in [1.165, 1.54) is 0 Å². The van der Waals surface area contributed by atoms with Crippen molar-refractivity contribution in [1.82, 2.24) is 15.6 Å². The molecular weight excluding hydrogens is 305 g/mol. The summed E-state index contributed by atoms with van der Waals surface area (Å²) in [6, 6.07) is 0.155. The summed E-state index contributed by atoms with van der Waals surface area (Å²) in [7, 11) is 0. The van der Waals surface area contributed by atoms with E-state index in [0.29, 0.717) is 26.7 Å². The minimum Gasteiger partial charge on any atom is -0.352 e. The van der Waals surface area contributed by atoms with E-state index < -0.39 is 0 Å². The minimum absolute atomic E-state index is 0.155. The van der Waals surface area contributed by atoms with Crippen molar-refractivity contribution in [2.24, 2.45) is 0 Å². The predicted octanol–water partition coefficient (Wildman–Crippen LogP) is 2.45. The maximum Gasteiger partial charge on any atom is 0.269 e. The predicted molar refractivity (Wildman–Crippen MR) is 81.6 cm³/mol. The maximum absolute atomic E-state index is 12.2. The Morgan fingerprint density at radius 2 is 2.16 bits per heavy atom. The summed E-state index contributed by atoms with van der Waals surface area (Å²) < 4.78 is 0. The van der Waals surface area contributed by atoms with Crippen LogP contribution in [0.15, 0.2) is 0 Å². The van der Waals surface area contributed by atoms with Crippen LogP contribution in [0.25, 0.3) is 0 Å². The number of rotatable bonds is 3. The summed E-state index contributed by atoms with van der Waals surface area (Å²) in [6.45, 7) is 3.62. The second kappa shape index (κ2) is 6.39. The molecule has 2 heterocycles. The Hall–Kier alpha value is -0.360. The molecule has 0 spiro atoms. The van der Waals surface area contributed by atoms with Crippen LogP contribution < -0.4 is 10.6 Å². The molecule has 7 heteroatoms. The first-order valence-corrected chi connectivity index (χ1v) is 8.17. The van der Waals surface area contributed by atoms with E-state index in [0.717, 1.165) is 19.5 Å². The number of hydrogen-bond acceptors (Lipinski definition) is 3. The van der Waals surface area contributed by atoms with Gasteiger partial charge in [-0.05, 0) is 26.1 Å². The average Bonchev–Trinajstić information content (AvgIpc) is 2.67. The molecule has 0 saturated carbocycles. The topological polar surface area (TPSA) is 56.9 Å². The van der Waals surface area contributed by atoms with Crippen LogP contribution in [0, 0.1) is 6.92 Å². The summed E-state index contributed by atoms with van der Waals surface area (Å²) in [5, 5.41) is 7.46. The van der Waals surface area contributed by atoms with Crippen molar-refractivity contribution >= 4 is 40.9 Å². The third kappa shape index (κ3) is 3.21. The average molecular weight is 322 g/mol. The van der Waals surface area contributed by atoms with Gasteiger partial charge < -0.3 is 15.6 Å². The van der Waals surface area contributed by atoms with Crippen LogP contribution in [-0.4, -0.2) is 41.5 Å². The number of H-pyrrole nitrogens is 1. The number of carbonyl (C=O) groups is 1. The highest BCUT2D eigenvalue weighted by molar-refractivity contribution is 7.99. The van der Waals surface area contributed by atoms with Gasteiger partial charge in [0.05, 0.1) is 10.0 Å². The smallest absolute Gasteiger partial charge is 0.269 e. The normalized spacial score (nSPS) is 23.4. The molecule has 0 aliphatic carbocycles. The Kier molecular flexibility index (Phi) is 5.06. The quantitative estimate of drug-likeness (QED) is 0.801. The van der Waals surface area contributed by atoms with Crippen molar-refractivity contribution in [3.8, 4) is 0 Å². The van der Waals surface area contributed by atoms with E-state index in [1.54, 1.807) is 18.7 Å². The van der Waals surface area contributed by atoms with Gasteiger partial charge in [-0.15, -0.1) is 0 Å². The number of aromatic nitrogens is 1. The molecule has 0 unspecified atom stereocenters. The Bertz CT molecular complexity index is 478. The van der Waals surface area contributed by atoms with E-state index in [-0.39, 0.29) is 11.9 Å². The fraction of sp³-hybridized carbons (Fsp3) is 0.583. The molecule has 1 aromatic heterocycles. The number of nitrogens with one attached hydrogen (secondary N) is 3. The molecule has 1 aliphatic rings. The van der Waals surface area contributed by atoms with Crippen molar-refractivity contribution in [2.75, 3.05) is 19.3 Å². The monoisotopic (exact) mass is 321 g/mol. The molecule has 1 saturated heterocycles. The maximum atomic E-state index is 12.2. The van der Waals surface area contributed by atoms with Gasteiger partial charge in [-0.2, -0.15) is 11.8 Å². The molecule has 2 rings (SSSR count). The highest BCUT2D eigenvalue weighted by atomic mass is 35.5. The Labute approximate surface area is 127 Å². The molecule has 1 aliphatic heterocycles. The first-order chi connectivity index (χ1) is 9.04. The second-order valence-corrected chi connectivity index (χ2v) is 6.43. The van der Waals surface area contributed by atoms with Gasteiger partial charge in [-0.25, -0.2) is 0 Å². The van der Waals surface area contributed by atoms with Crippen molar-refractivity contribution < 1.29 is 4.79 Å². The zero-order chi connectivity index (χ0) is 14.0. The van der Waals surface area contributed by atoms with Crippen molar-refractivity contribution in [3.63, 3.8) is 0 Å². The fourth-order valence-electron chi connectivity index (χ4n) is 2.21. The third-order valence-electron chi connectivity index (χ3n) is 3.33. The number of hydrogen-bond donors (Lipinski definition) is 3. The summed E-state index contributed by atoms with van der Waals surface area (Å²) in [5.74, 6) is -0.189. The van der Waals surface area contributed by atoms with Gasteiger partial charge in [0.2, 0.25) is 0 Å². The first-order valence-electron chi connectivity index (χ1n) is 6.12. The van der Waals surface area contributed by atoms with E-state index in [9.17, 15) is 4.79 Å². The lowest BCUT2D eigenvalue weighted by molar-refractivity contribution is 0.0926. The summed E-state index contributed by atoms with van der Waals surface area (Å²) in [5.41, 5.74) is 1.06. The SMILES string of the molecule is CS[C@H]1CNCC[C@H]1NC(=O)c1[nH]c(C)c(Cl)c1Cl. The number of aromatic amines is 1. The van der Waals surface area contributed by atoms with Gasteiger partial charge in [-0.3, -0.25) is 4.79 Å². The lowest BCUT2D eigenvalue weighted by Gasteiger charge is -2.31. The van der Waals surface area contributed by atoms with Gasteiger partial charge in [0.15, 0.2) is 0 Å². The molecule has 1 aromatic rings. The molecule has 0 radical (unpaired) electrons. The number of halogens is 2. The van der Waals surface area contributed by atoms with E-state index in [4.69, 9.17) is 23.2 Å². The van der Waals surface area contributed by atoms with Crippen LogP contribution in [0.5, 0.6) is 0 Å². The third-order valence-corrected chi connectivity index (χ3v) is 5.37. The van der Waals surface area contributed by atoms with E-state index in [2.05, 4.69) is 21.9 Å². The molecule has 3 N–H and O–H groups in total. The Balaban J connectivity index is 2.09. The highest BCUT2D eigenvalue weighted by Crippen LogP contribution is 2.29.